The van der Waals surface area contributed by atoms with Crippen LogP contribution in [0.25, 0.3) is 0 Å². The molecule has 0 radical (unpaired) electrons. The number of aliphatic carboxylic acids is 1. The number of nitrogens with two attached hydrogens (primary N) is 1. The van der Waals surface area contributed by atoms with Crippen molar-refractivity contribution in [1.82, 2.24) is 0 Å². The highest BCUT2D eigenvalue weighted by molar-refractivity contribution is 5.78. The predicted molar refractivity (Wildman–Crippen MR) is 91.0 cm³/mol. The van der Waals surface area contributed by atoms with Gasteiger partial charge in [-0.15, -0.1) is 0 Å². The van der Waals surface area contributed by atoms with Crippen LogP contribution in [-0.4, -0.2) is 23.4 Å². The first kappa shape index (κ1) is 21.1. The molecule has 22 heavy (non-hydrogen) atoms. The van der Waals surface area contributed by atoms with Gasteiger partial charge in [-0.1, -0.05) is 51.4 Å². The Balaban J connectivity index is 3.16. The zero-order valence-corrected chi connectivity index (χ0v) is 14.2. The van der Waals surface area contributed by atoms with Crippen molar-refractivity contribution in [3.05, 3.63) is 0 Å². The Morgan fingerprint density at radius 2 is 0.955 bits per heavy atom. The Morgan fingerprint density at radius 3 is 1.41 bits per heavy atom. The molecule has 0 saturated carbocycles. The second-order valence-electron chi connectivity index (χ2n) is 6.21. The molecule has 0 rings (SSSR count). The Morgan fingerprint density at radius 1 is 0.591 bits per heavy atom. The van der Waals surface area contributed by atoms with Gasteiger partial charge in [0.2, 0.25) is 0 Å². The van der Waals surface area contributed by atoms with Gasteiger partial charge in [0, 0.05) is 19.3 Å². The normalized spacial score (nSPS) is 10.8. The lowest BCUT2D eigenvalue weighted by atomic mass is 10.0. The van der Waals surface area contributed by atoms with Gasteiger partial charge in [-0.25, -0.2) is 0 Å². The van der Waals surface area contributed by atoms with Gasteiger partial charge in [-0.05, 0) is 32.2 Å². The zero-order chi connectivity index (χ0) is 16.5. The van der Waals surface area contributed by atoms with E-state index >= 15 is 0 Å². The van der Waals surface area contributed by atoms with E-state index in [0.717, 1.165) is 38.6 Å². The van der Waals surface area contributed by atoms with E-state index < -0.39 is 5.97 Å². The fourth-order valence-electron chi connectivity index (χ4n) is 2.60. The number of ketones is 1. The van der Waals surface area contributed by atoms with E-state index in [4.69, 9.17) is 10.8 Å². The molecule has 0 spiro atoms. The number of carbonyl (C=O) groups is 2. The Bertz CT molecular complexity index is 280. The van der Waals surface area contributed by atoms with Crippen LogP contribution in [0.5, 0.6) is 0 Å². The van der Waals surface area contributed by atoms with Crippen LogP contribution in [0.1, 0.15) is 96.3 Å². The van der Waals surface area contributed by atoms with Crippen molar-refractivity contribution in [3.63, 3.8) is 0 Å². The predicted octanol–water partition coefficient (Wildman–Crippen LogP) is 4.45. The van der Waals surface area contributed by atoms with E-state index in [1.807, 2.05) is 0 Å². The fraction of sp³-hybridized carbons (Fsp3) is 0.889. The van der Waals surface area contributed by atoms with Crippen LogP contribution in [0.2, 0.25) is 0 Å². The molecule has 4 nitrogen and oxygen atoms in total. The summed E-state index contributed by atoms with van der Waals surface area (Å²) in [5, 5.41) is 8.51. The molecule has 0 amide bonds. The van der Waals surface area contributed by atoms with Gasteiger partial charge >= 0.3 is 5.97 Å². The van der Waals surface area contributed by atoms with Crippen LogP contribution < -0.4 is 5.73 Å². The Kier molecular flexibility index (Phi) is 15.8. The third kappa shape index (κ3) is 17.2. The summed E-state index contributed by atoms with van der Waals surface area (Å²) in [5.74, 6) is -0.400. The average molecular weight is 313 g/mol. The maximum Gasteiger partial charge on any atom is 0.303 e. The highest BCUT2D eigenvalue weighted by Gasteiger charge is 2.03. The maximum atomic E-state index is 11.6. The number of rotatable bonds is 17. The molecule has 3 N–H and O–H groups in total. The second kappa shape index (κ2) is 16.5. The maximum absolute atomic E-state index is 11.6. The van der Waals surface area contributed by atoms with Crippen LogP contribution >= 0.6 is 0 Å². The van der Waals surface area contributed by atoms with Gasteiger partial charge < -0.3 is 10.8 Å². The minimum atomic E-state index is -0.745. The van der Waals surface area contributed by atoms with Gasteiger partial charge in [-0.2, -0.15) is 0 Å². The average Bonchev–Trinajstić information content (AvgIpc) is 2.48. The molecule has 0 bridgehead atoms. The number of carbonyl (C=O) groups excluding carboxylic acids is 1. The number of hydrogen-bond acceptors (Lipinski definition) is 3. The zero-order valence-electron chi connectivity index (χ0n) is 14.2. The molecule has 0 aromatic heterocycles. The van der Waals surface area contributed by atoms with Crippen molar-refractivity contribution in [3.8, 4) is 0 Å². The minimum Gasteiger partial charge on any atom is -0.481 e. The first-order chi connectivity index (χ1) is 10.7. The monoisotopic (exact) mass is 313 g/mol. The Labute approximate surface area is 135 Å². The highest BCUT2D eigenvalue weighted by atomic mass is 16.4. The number of carboxylic acid groups (broad SMARTS) is 1. The quantitative estimate of drug-likeness (QED) is 0.389. The van der Waals surface area contributed by atoms with Crippen molar-refractivity contribution in [2.24, 2.45) is 5.73 Å². The molecule has 0 fully saturated rings. The fourth-order valence-corrected chi connectivity index (χ4v) is 2.60. The summed E-state index contributed by atoms with van der Waals surface area (Å²) >= 11 is 0. The van der Waals surface area contributed by atoms with Crippen molar-refractivity contribution in [2.45, 2.75) is 96.3 Å². The molecule has 0 aliphatic carbocycles. The summed E-state index contributed by atoms with van der Waals surface area (Å²) in [6.45, 7) is 0.813. The molecule has 0 aromatic carbocycles. The summed E-state index contributed by atoms with van der Waals surface area (Å²) in [4.78, 5) is 22.0. The summed E-state index contributed by atoms with van der Waals surface area (Å²) in [6.07, 6.45) is 15.0. The number of Topliss-reactive ketones (excluding diaryl/α,β-unsaturated/α-hetero) is 1. The van der Waals surface area contributed by atoms with E-state index in [9.17, 15) is 9.59 Å². The molecule has 0 aliphatic heterocycles. The van der Waals surface area contributed by atoms with Crippen molar-refractivity contribution >= 4 is 11.8 Å². The van der Waals surface area contributed by atoms with Crippen molar-refractivity contribution < 1.29 is 14.7 Å². The lowest BCUT2D eigenvalue weighted by Crippen LogP contribution is -1.99. The number of hydrogen-bond donors (Lipinski definition) is 2. The van der Waals surface area contributed by atoms with Crippen molar-refractivity contribution in [2.75, 3.05) is 6.54 Å². The van der Waals surface area contributed by atoms with Gasteiger partial charge in [0.15, 0.2) is 0 Å². The van der Waals surface area contributed by atoms with E-state index in [-0.39, 0.29) is 6.42 Å². The second-order valence-corrected chi connectivity index (χ2v) is 6.21. The van der Waals surface area contributed by atoms with E-state index in [1.54, 1.807) is 0 Å². The molecule has 0 saturated heterocycles. The topological polar surface area (TPSA) is 80.4 Å². The smallest absolute Gasteiger partial charge is 0.303 e. The molecule has 0 atom stereocenters. The summed E-state index contributed by atoms with van der Waals surface area (Å²) < 4.78 is 0. The van der Waals surface area contributed by atoms with Crippen LogP contribution in [-0.2, 0) is 9.59 Å². The minimum absolute atomic E-state index is 0.223. The van der Waals surface area contributed by atoms with Crippen LogP contribution in [0.3, 0.4) is 0 Å². The summed E-state index contributed by atoms with van der Waals surface area (Å²) in [6, 6.07) is 0. The van der Waals surface area contributed by atoms with Crippen LogP contribution in [0.15, 0.2) is 0 Å². The standard InChI is InChI=1S/C18H35NO3/c19-16-12-7-5-3-1-2-4-6-9-13-17(20)14-10-8-11-15-18(21)22/h1-16,19H2,(H,21,22). The van der Waals surface area contributed by atoms with Gasteiger partial charge in [-0.3, -0.25) is 9.59 Å². The molecule has 130 valence electrons. The molecule has 0 unspecified atom stereocenters. The SMILES string of the molecule is NCCCCCCCCCCCC(=O)CCCCCC(=O)O. The van der Waals surface area contributed by atoms with Gasteiger partial charge in [0.25, 0.3) is 0 Å². The van der Waals surface area contributed by atoms with Gasteiger partial charge in [0.05, 0.1) is 0 Å². The highest BCUT2D eigenvalue weighted by Crippen LogP contribution is 2.12. The summed E-state index contributed by atoms with van der Waals surface area (Å²) in [5.41, 5.74) is 5.45. The number of unbranched alkanes of at least 4 members (excludes halogenated alkanes) is 10. The molecular formula is C18H35NO3. The molecule has 0 heterocycles. The van der Waals surface area contributed by atoms with Crippen LogP contribution in [0, 0.1) is 0 Å². The third-order valence-electron chi connectivity index (χ3n) is 4.01. The molecular weight excluding hydrogens is 278 g/mol. The van der Waals surface area contributed by atoms with Crippen LogP contribution in [0.4, 0.5) is 0 Å². The first-order valence-corrected chi connectivity index (χ1v) is 9.10. The van der Waals surface area contributed by atoms with E-state index in [2.05, 4.69) is 0 Å². The molecule has 0 aliphatic rings. The lowest BCUT2D eigenvalue weighted by molar-refractivity contribution is -0.137. The molecule has 4 heteroatoms. The Hall–Kier alpha value is -0.900. The largest absolute Gasteiger partial charge is 0.481 e. The van der Waals surface area contributed by atoms with E-state index in [0.29, 0.717) is 25.0 Å². The number of carboxylic acids is 1. The molecule has 0 aromatic rings. The van der Waals surface area contributed by atoms with Crippen molar-refractivity contribution in [1.29, 1.82) is 0 Å². The first-order valence-electron chi connectivity index (χ1n) is 9.10. The third-order valence-corrected chi connectivity index (χ3v) is 4.01. The summed E-state index contributed by atoms with van der Waals surface area (Å²) in [7, 11) is 0. The van der Waals surface area contributed by atoms with Gasteiger partial charge in [0.1, 0.15) is 5.78 Å². The lowest BCUT2D eigenvalue weighted by Gasteiger charge is -2.03. The van der Waals surface area contributed by atoms with E-state index in [1.165, 1.54) is 38.5 Å².